The number of para-hydroxylation sites is 2. The minimum atomic E-state index is -2.94. The maximum Gasteiger partial charge on any atom is 0.564 e. The van der Waals surface area contributed by atoms with Crippen LogP contribution < -0.4 is 15.5 Å². The summed E-state index contributed by atoms with van der Waals surface area (Å²) in [6.07, 6.45) is 0. The summed E-state index contributed by atoms with van der Waals surface area (Å²) in [7, 11) is 16.4. The summed E-state index contributed by atoms with van der Waals surface area (Å²) in [4.78, 5) is 0. The van der Waals surface area contributed by atoms with Gasteiger partial charge in [0.05, 0.1) is 11.4 Å². The Morgan fingerprint density at radius 1 is 0.711 bits per heavy atom. The number of hydrogen-bond acceptors (Lipinski definition) is 3. The Kier molecular flexibility index (Phi) is 36.7. The van der Waals surface area contributed by atoms with Gasteiger partial charge in [0.15, 0.2) is 0 Å². The molecular weight excluding hydrogens is 784 g/mol. The molecule has 0 saturated heterocycles. The van der Waals surface area contributed by atoms with Gasteiger partial charge in [0.2, 0.25) is 0 Å². The van der Waals surface area contributed by atoms with Crippen LogP contribution >= 0.6 is 48.4 Å². The van der Waals surface area contributed by atoms with E-state index in [0.29, 0.717) is 12.1 Å². The van der Waals surface area contributed by atoms with E-state index in [1.54, 1.807) is 0 Å². The number of anilines is 2. The van der Waals surface area contributed by atoms with Gasteiger partial charge in [-0.3, -0.25) is 10.1 Å². The van der Waals surface area contributed by atoms with E-state index in [1.807, 2.05) is 0 Å². The van der Waals surface area contributed by atoms with E-state index in [2.05, 4.69) is 130 Å². The Labute approximate surface area is 258 Å². The molecule has 1 heterocycles. The smallest absolute Gasteiger partial charge is 0.391 e. The molecule has 2 aromatic rings. The van der Waals surface area contributed by atoms with Crippen molar-refractivity contribution in [1.29, 1.82) is 0 Å². The zero-order valence-corrected chi connectivity index (χ0v) is 28.5. The van der Waals surface area contributed by atoms with Crippen LogP contribution in [-0.4, -0.2) is 26.1 Å². The van der Waals surface area contributed by atoms with E-state index in [9.17, 15) is 0 Å². The molecule has 1 atom stereocenters. The van der Waals surface area contributed by atoms with Gasteiger partial charge in [-0.25, -0.2) is 4.78 Å². The number of rotatable bonds is 4. The molecule has 1 aliphatic rings. The predicted molar refractivity (Wildman–Crippen MR) is 146 cm³/mol. The standard InChI is InChI=1S/C18H24N3P.5CO.Al.4ClH.Re/c1-14(2)20(15(3)4)22-18-13-9-8-12-17(18)19-21(22)16-10-6-5-7-11-16;5*1-2;;;;;;/h5-15,19H,1-4H3;;;;;;;4*1H;/q;;;;;;+3;;;;;/p-4. The minimum Gasteiger partial charge on any atom is -0.391 e. The topological polar surface area (TPSA) is 118 Å². The van der Waals surface area contributed by atoms with E-state index in [1.165, 1.54) is 16.7 Å². The zero-order chi connectivity index (χ0) is 30.2. The van der Waals surface area contributed by atoms with Crippen LogP contribution in [0.3, 0.4) is 0 Å². The molecule has 0 saturated carbocycles. The third-order valence-electron chi connectivity index (χ3n) is 3.81. The molecule has 0 aliphatic carbocycles. The summed E-state index contributed by atoms with van der Waals surface area (Å²) in [5.41, 5.74) is 6.06. The number of nitrogens with zero attached hydrogens (tertiary/aromatic N) is 2. The van der Waals surface area contributed by atoms with Gasteiger partial charge < -0.3 is 40.2 Å². The quantitative estimate of drug-likeness (QED) is 0.159. The van der Waals surface area contributed by atoms with Gasteiger partial charge in [-0.15, -0.1) is 0 Å². The van der Waals surface area contributed by atoms with Crippen molar-refractivity contribution < 1.29 is 43.7 Å². The fourth-order valence-corrected chi connectivity index (χ4v) is 5.68. The molecule has 1 N–H and O–H groups in total. The molecule has 0 amide bonds. The van der Waals surface area contributed by atoms with Gasteiger partial charge >= 0.3 is 65.9 Å². The van der Waals surface area contributed by atoms with Crippen LogP contribution in [0.4, 0.5) is 11.4 Å². The predicted octanol–water partition coefficient (Wildman–Crippen LogP) is 6.78. The van der Waals surface area contributed by atoms with Gasteiger partial charge in [0.25, 0.3) is 0 Å². The SMILES string of the molecule is CC(C)N(C(C)C)P1c2ccccc2NN1c1ccccc1.[C-]#[O+].[C-]#[O+].[C-]#[O+].[C-]#[O+].[C-]#[O+].[Cl][Al-]([Cl])([Cl])[Cl].[Re]. The van der Waals surface area contributed by atoms with E-state index in [0.717, 1.165) is 0 Å². The molecule has 2 aromatic carbocycles. The summed E-state index contributed by atoms with van der Waals surface area (Å²) in [5, 5.41) is 1.41. The minimum absolute atomic E-state index is 0. The van der Waals surface area contributed by atoms with Crippen LogP contribution in [0.1, 0.15) is 27.7 Å². The van der Waals surface area contributed by atoms with Crippen molar-refractivity contribution in [1.82, 2.24) is 4.67 Å². The Morgan fingerprint density at radius 2 is 1.05 bits per heavy atom. The van der Waals surface area contributed by atoms with Crippen molar-refractivity contribution in [3.63, 3.8) is 0 Å². The van der Waals surface area contributed by atoms with Crippen LogP contribution in [0, 0.1) is 33.3 Å². The fraction of sp³-hybridized carbons (Fsp3) is 0.261. The molecule has 0 fully saturated rings. The third kappa shape index (κ3) is 19.5. The first-order valence-corrected chi connectivity index (χ1v) is 18.0. The second-order valence-corrected chi connectivity index (χ2v) is 21.4. The summed E-state index contributed by atoms with van der Waals surface area (Å²) in [6.45, 7) is 31.6. The van der Waals surface area contributed by atoms with Crippen LogP contribution in [0.2, 0.25) is 0 Å². The average molecular weight is 808 g/mol. The Bertz CT molecular complexity index is 913. The van der Waals surface area contributed by atoms with Crippen LogP contribution in [0.15, 0.2) is 54.6 Å². The van der Waals surface area contributed by atoms with Gasteiger partial charge in [0.1, 0.15) is 8.22 Å². The molecule has 0 bridgehead atoms. The second kappa shape index (κ2) is 29.5. The van der Waals surface area contributed by atoms with Crippen molar-refractivity contribution in [2.75, 3.05) is 10.2 Å². The van der Waals surface area contributed by atoms with Crippen molar-refractivity contribution in [3.05, 3.63) is 87.8 Å². The summed E-state index contributed by atoms with van der Waals surface area (Å²) >= 11 is 0. The number of benzene rings is 2. The summed E-state index contributed by atoms with van der Waals surface area (Å²) in [6, 6.07) is 20.3. The third-order valence-corrected chi connectivity index (χ3v) is 6.70. The Morgan fingerprint density at radius 3 is 1.42 bits per heavy atom. The number of hydrazine groups is 1. The van der Waals surface area contributed by atoms with E-state index >= 15 is 0 Å². The maximum atomic E-state index is 7.50. The molecule has 0 aromatic heterocycles. The monoisotopic (exact) mass is 807 g/mol. The maximum absolute atomic E-state index is 7.50. The van der Waals surface area contributed by atoms with Gasteiger partial charge in [-0.2, -0.15) is 0 Å². The van der Waals surface area contributed by atoms with Gasteiger partial charge in [-0.1, -0.05) is 30.3 Å². The molecular formula is C23H24AlCl4N3O5PRe-. The number of hydrogen-bond donors (Lipinski definition) is 1. The average Bonchev–Trinajstić information content (AvgIpc) is 3.28. The fourth-order valence-electron chi connectivity index (χ4n) is 3.02. The van der Waals surface area contributed by atoms with E-state index in [4.69, 9.17) is 63.5 Å². The van der Waals surface area contributed by atoms with Gasteiger partial charge in [-0.05, 0) is 52.0 Å². The molecule has 1 aliphatic heterocycles. The molecule has 38 heavy (non-hydrogen) atoms. The summed E-state index contributed by atoms with van der Waals surface area (Å²) in [5.74, 6) is 0. The van der Waals surface area contributed by atoms with Gasteiger partial charge in [0, 0.05) is 37.8 Å². The molecule has 15 heteroatoms. The molecule has 1 radical (unpaired) electrons. The first kappa shape index (κ1) is 47.3. The molecule has 205 valence electrons. The van der Waals surface area contributed by atoms with Crippen molar-refractivity contribution in [2.45, 2.75) is 39.8 Å². The first-order chi connectivity index (χ1) is 17.6. The van der Waals surface area contributed by atoms with Crippen molar-refractivity contribution >= 4 is 74.5 Å². The largest absolute Gasteiger partial charge is 0.564 e. The van der Waals surface area contributed by atoms with E-state index in [-0.39, 0.29) is 20.4 Å². The van der Waals surface area contributed by atoms with Crippen molar-refractivity contribution in [3.8, 4) is 0 Å². The summed E-state index contributed by atoms with van der Waals surface area (Å²) < 4.78 is 42.5. The zero-order valence-electron chi connectivity index (χ0n) is 20.7. The Balaban J connectivity index is -0.000000194. The van der Waals surface area contributed by atoms with Crippen LogP contribution in [0.5, 0.6) is 0 Å². The van der Waals surface area contributed by atoms with Crippen LogP contribution in [-0.2, 0) is 43.7 Å². The Hall–Kier alpha value is -0.515. The van der Waals surface area contributed by atoms with Crippen LogP contribution in [0.25, 0.3) is 0 Å². The number of nitrogens with one attached hydrogen (secondary N) is 1. The normalized spacial score (nSPS) is 11.8. The molecule has 0 spiro atoms. The second-order valence-electron chi connectivity index (χ2n) is 6.63. The molecule has 8 nitrogen and oxygen atoms in total. The number of halogens is 4. The first-order valence-electron chi connectivity index (χ1n) is 9.78. The number of fused-ring (bicyclic) bond motifs is 1. The molecule has 3 rings (SSSR count). The van der Waals surface area contributed by atoms with Crippen molar-refractivity contribution in [2.24, 2.45) is 0 Å². The molecule has 1 unspecified atom stereocenters. The van der Waals surface area contributed by atoms with E-state index < -0.39 is 17.6 Å².